The molecule has 0 aromatic heterocycles. The van der Waals surface area contributed by atoms with Crippen LogP contribution in [-0.4, -0.2) is 29.8 Å². The lowest BCUT2D eigenvalue weighted by molar-refractivity contribution is -0.132. The average Bonchev–Trinajstić information content (AvgIpc) is 3.11. The summed E-state index contributed by atoms with van der Waals surface area (Å²) in [5.74, 6) is -1.49. The van der Waals surface area contributed by atoms with E-state index in [1.54, 1.807) is 66.7 Å². The molecule has 0 radical (unpaired) electrons. The first-order valence-electron chi connectivity index (χ1n) is 10.8. The topological polar surface area (TPSA) is 95.9 Å². The number of halogens is 1. The number of ether oxygens (including phenoxy) is 1. The van der Waals surface area contributed by atoms with Crippen molar-refractivity contribution >= 4 is 50.7 Å². The molecule has 1 saturated heterocycles. The van der Waals surface area contributed by atoms with E-state index in [1.165, 1.54) is 18.9 Å². The summed E-state index contributed by atoms with van der Waals surface area (Å²) in [4.78, 5) is 39.3. The number of benzene rings is 3. The molecule has 8 heteroatoms. The van der Waals surface area contributed by atoms with Gasteiger partial charge in [0.25, 0.3) is 11.7 Å². The smallest absolute Gasteiger partial charge is 0.300 e. The van der Waals surface area contributed by atoms with Gasteiger partial charge in [-0.15, -0.1) is 0 Å². The summed E-state index contributed by atoms with van der Waals surface area (Å²) in [5, 5.41) is 14.0. The van der Waals surface area contributed by atoms with E-state index in [-0.39, 0.29) is 17.2 Å². The van der Waals surface area contributed by atoms with Gasteiger partial charge in [-0.3, -0.25) is 19.3 Å². The number of nitrogens with one attached hydrogen (secondary N) is 1. The molecule has 1 heterocycles. The number of methoxy groups -OCH3 is 1. The lowest BCUT2D eigenvalue weighted by atomic mass is 9.94. The lowest BCUT2D eigenvalue weighted by Crippen LogP contribution is -2.29. The molecule has 35 heavy (non-hydrogen) atoms. The Morgan fingerprint density at radius 1 is 1.06 bits per heavy atom. The molecule has 1 fully saturated rings. The number of anilines is 2. The van der Waals surface area contributed by atoms with Crippen molar-refractivity contribution in [3.05, 3.63) is 93.5 Å². The highest BCUT2D eigenvalue weighted by molar-refractivity contribution is 9.10. The number of aliphatic hydroxyl groups excluding tert-OH is 1. The van der Waals surface area contributed by atoms with Gasteiger partial charge in [0.2, 0.25) is 5.91 Å². The maximum Gasteiger partial charge on any atom is 0.300 e. The number of aliphatic hydroxyl groups is 1. The van der Waals surface area contributed by atoms with Gasteiger partial charge < -0.3 is 15.2 Å². The van der Waals surface area contributed by atoms with Gasteiger partial charge in [0, 0.05) is 28.3 Å². The predicted molar refractivity (Wildman–Crippen MR) is 137 cm³/mol. The average molecular weight is 535 g/mol. The summed E-state index contributed by atoms with van der Waals surface area (Å²) in [7, 11) is 1.53. The minimum atomic E-state index is -0.888. The Balaban J connectivity index is 1.90. The Hall–Kier alpha value is -3.91. The number of nitrogens with zero attached hydrogens (tertiary/aromatic N) is 1. The number of ketones is 1. The Kier molecular flexibility index (Phi) is 6.75. The number of aryl methyl sites for hydroxylation is 1. The monoisotopic (exact) mass is 534 g/mol. The van der Waals surface area contributed by atoms with Crippen LogP contribution in [0.1, 0.15) is 29.7 Å². The Labute approximate surface area is 211 Å². The fourth-order valence-electron chi connectivity index (χ4n) is 4.08. The number of rotatable bonds is 5. The highest BCUT2D eigenvalue weighted by Gasteiger charge is 2.47. The fourth-order valence-corrected chi connectivity index (χ4v) is 4.33. The highest BCUT2D eigenvalue weighted by atomic mass is 79.9. The molecule has 1 atom stereocenters. The van der Waals surface area contributed by atoms with Crippen LogP contribution in [0, 0.1) is 6.92 Å². The quantitative estimate of drug-likeness (QED) is 0.261. The van der Waals surface area contributed by atoms with Gasteiger partial charge in [0.15, 0.2) is 0 Å². The molecule has 1 aliphatic heterocycles. The summed E-state index contributed by atoms with van der Waals surface area (Å²) < 4.78 is 6.22. The first-order valence-corrected chi connectivity index (χ1v) is 11.6. The van der Waals surface area contributed by atoms with Crippen LogP contribution in [0.15, 0.2) is 76.8 Å². The minimum absolute atomic E-state index is 0.0177. The van der Waals surface area contributed by atoms with Gasteiger partial charge >= 0.3 is 0 Å². The molecule has 4 rings (SSSR count). The van der Waals surface area contributed by atoms with Crippen molar-refractivity contribution in [1.82, 2.24) is 0 Å². The largest absolute Gasteiger partial charge is 0.507 e. The van der Waals surface area contributed by atoms with E-state index in [0.717, 1.165) is 10.0 Å². The minimum Gasteiger partial charge on any atom is -0.507 e. The van der Waals surface area contributed by atoms with Crippen molar-refractivity contribution in [3.8, 4) is 5.75 Å². The highest BCUT2D eigenvalue weighted by Crippen LogP contribution is 2.43. The summed E-state index contributed by atoms with van der Waals surface area (Å²) in [6.45, 7) is 3.27. The molecule has 0 bridgehead atoms. The van der Waals surface area contributed by atoms with Crippen LogP contribution in [0.2, 0.25) is 0 Å². The zero-order chi connectivity index (χ0) is 25.3. The summed E-state index contributed by atoms with van der Waals surface area (Å²) in [6, 6.07) is 17.9. The van der Waals surface area contributed by atoms with Crippen LogP contribution in [0.5, 0.6) is 5.75 Å². The second kappa shape index (κ2) is 9.76. The van der Waals surface area contributed by atoms with Crippen LogP contribution < -0.4 is 15.0 Å². The molecule has 0 spiro atoms. The normalized spacial score (nSPS) is 16.9. The van der Waals surface area contributed by atoms with Gasteiger partial charge in [-0.05, 0) is 66.6 Å². The maximum absolute atomic E-state index is 13.3. The molecule has 3 aromatic carbocycles. The SMILES string of the molecule is COc1cccc(C2/C(=C(/O)c3ccc(Br)c(C)c3)C(=O)C(=O)N2c2ccc(NC(C)=O)cc2)c1. The van der Waals surface area contributed by atoms with Gasteiger partial charge in [-0.1, -0.05) is 34.1 Å². The van der Waals surface area contributed by atoms with Crippen LogP contribution >= 0.6 is 15.9 Å². The lowest BCUT2D eigenvalue weighted by Gasteiger charge is -2.26. The van der Waals surface area contributed by atoms with Crippen LogP contribution in [-0.2, 0) is 14.4 Å². The van der Waals surface area contributed by atoms with Crippen molar-refractivity contribution in [2.75, 3.05) is 17.3 Å². The third kappa shape index (κ3) is 4.70. The standard InChI is InChI=1S/C27H23BrN2O5/c1-15-13-18(7-12-22(15)28)25(32)23-24(17-5-4-6-21(14-17)35-3)30(27(34)26(23)33)20-10-8-19(9-11-20)29-16(2)31/h4-14,24,32H,1-3H3,(H,29,31)/b25-23-. The van der Waals surface area contributed by atoms with E-state index in [4.69, 9.17) is 4.74 Å². The predicted octanol–water partition coefficient (Wildman–Crippen LogP) is 5.35. The number of carbonyl (C=O) groups excluding carboxylic acids is 3. The van der Waals surface area contributed by atoms with Crippen molar-refractivity contribution in [2.45, 2.75) is 19.9 Å². The number of hydrogen-bond acceptors (Lipinski definition) is 5. The second-order valence-corrected chi connectivity index (χ2v) is 8.99. The molecule has 1 unspecified atom stereocenters. The maximum atomic E-state index is 13.3. The number of Topliss-reactive ketones (excluding diaryl/α,β-unsaturated/α-hetero) is 1. The summed E-state index contributed by atoms with van der Waals surface area (Å²) in [6.07, 6.45) is 0. The van der Waals surface area contributed by atoms with Crippen molar-refractivity contribution in [3.63, 3.8) is 0 Å². The Morgan fingerprint density at radius 2 is 1.77 bits per heavy atom. The van der Waals surface area contributed by atoms with Crippen LogP contribution in [0.4, 0.5) is 11.4 Å². The molecular weight excluding hydrogens is 512 g/mol. The summed E-state index contributed by atoms with van der Waals surface area (Å²) >= 11 is 3.44. The van der Waals surface area contributed by atoms with E-state index < -0.39 is 17.7 Å². The molecule has 0 aliphatic carbocycles. The van der Waals surface area contributed by atoms with Crippen LogP contribution in [0.3, 0.4) is 0 Å². The van der Waals surface area contributed by atoms with Crippen molar-refractivity contribution in [1.29, 1.82) is 0 Å². The van der Waals surface area contributed by atoms with Gasteiger partial charge in [0.05, 0.1) is 18.7 Å². The third-order valence-corrected chi connectivity index (χ3v) is 6.64. The molecule has 2 amide bonds. The molecule has 1 aliphatic rings. The number of carbonyl (C=O) groups is 3. The van der Waals surface area contributed by atoms with Gasteiger partial charge in [-0.25, -0.2) is 0 Å². The third-order valence-electron chi connectivity index (χ3n) is 5.75. The van der Waals surface area contributed by atoms with Gasteiger partial charge in [-0.2, -0.15) is 0 Å². The summed E-state index contributed by atoms with van der Waals surface area (Å²) in [5.41, 5.74) is 2.88. The van der Waals surface area contributed by atoms with Crippen LogP contribution in [0.25, 0.3) is 5.76 Å². The van der Waals surface area contributed by atoms with E-state index in [2.05, 4.69) is 21.2 Å². The van der Waals surface area contributed by atoms with Crippen molar-refractivity contribution in [2.24, 2.45) is 0 Å². The van der Waals surface area contributed by atoms with E-state index >= 15 is 0 Å². The molecule has 2 N–H and O–H groups in total. The van der Waals surface area contributed by atoms with E-state index in [9.17, 15) is 19.5 Å². The zero-order valence-electron chi connectivity index (χ0n) is 19.3. The Bertz CT molecular complexity index is 1360. The first-order chi connectivity index (χ1) is 16.7. The van der Waals surface area contributed by atoms with Gasteiger partial charge in [0.1, 0.15) is 11.5 Å². The fraction of sp³-hybridized carbons (Fsp3) is 0.148. The second-order valence-electron chi connectivity index (χ2n) is 8.14. The molecule has 3 aromatic rings. The molecular formula is C27H23BrN2O5. The number of amides is 2. The molecule has 0 saturated carbocycles. The Morgan fingerprint density at radius 3 is 2.40 bits per heavy atom. The molecule has 178 valence electrons. The number of hydrogen-bond donors (Lipinski definition) is 2. The zero-order valence-corrected chi connectivity index (χ0v) is 20.9. The van der Waals surface area contributed by atoms with Crippen molar-refractivity contribution < 1.29 is 24.2 Å². The van der Waals surface area contributed by atoms with E-state index in [1.807, 2.05) is 6.92 Å². The molecule has 7 nitrogen and oxygen atoms in total. The van der Waals surface area contributed by atoms with E-state index in [0.29, 0.717) is 28.3 Å². The first kappa shape index (κ1) is 24.2.